The fourth-order valence-electron chi connectivity index (χ4n) is 4.94. The second-order valence-corrected chi connectivity index (χ2v) is 10.9. The lowest BCUT2D eigenvalue weighted by Crippen LogP contribution is -2.38. The molecule has 194 valence electrons. The summed E-state index contributed by atoms with van der Waals surface area (Å²) in [7, 11) is 0. The maximum absolute atomic E-state index is 5.10. The summed E-state index contributed by atoms with van der Waals surface area (Å²) < 4.78 is 2.44. The lowest BCUT2D eigenvalue weighted by atomic mass is 9.98. The molecule has 7 nitrogen and oxygen atoms in total. The molecule has 1 saturated heterocycles. The SMILES string of the molecule is C=C(C)/C(=C(\N=CC)C1CC1)c1nc(C)c2c(n1)N(CCC)C(=C)C(=NCC1CCN(SC)CC1)N2. The van der Waals surface area contributed by atoms with Crippen LogP contribution in [0.4, 0.5) is 11.5 Å². The Morgan fingerprint density at radius 1 is 1.22 bits per heavy atom. The Balaban J connectivity index is 1.68. The van der Waals surface area contributed by atoms with Gasteiger partial charge in [0.2, 0.25) is 0 Å². The van der Waals surface area contributed by atoms with Crippen LogP contribution in [0.3, 0.4) is 0 Å². The number of nitrogens with zero attached hydrogens (tertiary/aromatic N) is 6. The van der Waals surface area contributed by atoms with E-state index in [4.69, 9.17) is 20.0 Å². The summed E-state index contributed by atoms with van der Waals surface area (Å²) in [5, 5.41) is 3.55. The van der Waals surface area contributed by atoms with Crippen LogP contribution in [0.2, 0.25) is 0 Å². The summed E-state index contributed by atoms with van der Waals surface area (Å²) in [5.74, 6) is 3.48. The molecule has 3 heterocycles. The maximum Gasteiger partial charge on any atom is 0.164 e. The minimum atomic E-state index is 0.467. The minimum Gasteiger partial charge on any atom is -0.334 e. The lowest BCUT2D eigenvalue weighted by Gasteiger charge is -2.35. The Morgan fingerprint density at radius 2 is 1.94 bits per heavy atom. The minimum absolute atomic E-state index is 0.467. The van der Waals surface area contributed by atoms with Crippen LogP contribution in [0, 0.1) is 18.8 Å². The fraction of sp³-hybridized carbons (Fsp3) is 0.571. The van der Waals surface area contributed by atoms with Gasteiger partial charge in [-0.05, 0) is 70.6 Å². The first-order chi connectivity index (χ1) is 17.4. The quantitative estimate of drug-likeness (QED) is 0.247. The van der Waals surface area contributed by atoms with Gasteiger partial charge >= 0.3 is 0 Å². The number of nitrogens with one attached hydrogen (secondary N) is 1. The number of fused-ring (bicyclic) bond motifs is 1. The smallest absolute Gasteiger partial charge is 0.164 e. The molecule has 1 saturated carbocycles. The molecule has 0 radical (unpaired) electrons. The summed E-state index contributed by atoms with van der Waals surface area (Å²) in [6.45, 7) is 20.8. The molecule has 0 bridgehead atoms. The molecule has 1 aromatic heterocycles. The number of amidine groups is 1. The highest BCUT2D eigenvalue weighted by atomic mass is 32.2. The molecular formula is C28H41N7S. The van der Waals surface area contributed by atoms with Crippen molar-refractivity contribution in [2.45, 2.75) is 59.8 Å². The van der Waals surface area contributed by atoms with Crippen LogP contribution in [-0.2, 0) is 0 Å². The zero-order valence-corrected chi connectivity index (χ0v) is 23.4. The van der Waals surface area contributed by atoms with Crippen LogP contribution < -0.4 is 10.2 Å². The van der Waals surface area contributed by atoms with Crippen LogP contribution in [0.1, 0.15) is 64.4 Å². The molecule has 0 unspecified atom stereocenters. The number of piperidine rings is 1. The van der Waals surface area contributed by atoms with E-state index < -0.39 is 0 Å². The van der Waals surface area contributed by atoms with Gasteiger partial charge in [-0.3, -0.25) is 14.3 Å². The third-order valence-electron chi connectivity index (χ3n) is 7.09. The summed E-state index contributed by atoms with van der Waals surface area (Å²) in [5.41, 5.74) is 5.68. The van der Waals surface area contributed by atoms with E-state index in [0.717, 1.165) is 91.0 Å². The number of anilines is 2. The van der Waals surface area contributed by atoms with E-state index in [1.165, 1.54) is 12.8 Å². The Kier molecular flexibility index (Phi) is 8.67. The predicted octanol–water partition coefficient (Wildman–Crippen LogP) is 6.12. The van der Waals surface area contributed by atoms with E-state index in [1.54, 1.807) is 0 Å². The highest BCUT2D eigenvalue weighted by Crippen LogP contribution is 2.43. The maximum atomic E-state index is 5.10. The standard InChI is InChI=1S/C28H41N7S/c1-8-14-35-20(6)26(30-17-21-12-15-34(36-7)16-13-21)32-24-19(5)31-27(33-28(24)35)23(18(3)4)25(29-9-2)22-10-11-22/h9,21-22H,3,6,8,10-17H2,1-2,4-5,7H3,(H,30,32)/b25-23+,29-9?. The first-order valence-corrected chi connectivity index (χ1v) is 14.4. The summed E-state index contributed by atoms with van der Waals surface area (Å²) in [6, 6.07) is 0. The molecule has 0 spiro atoms. The number of rotatable bonds is 9. The van der Waals surface area contributed by atoms with Crippen molar-refractivity contribution in [3.05, 3.63) is 41.6 Å². The van der Waals surface area contributed by atoms with Crippen LogP contribution in [-0.4, -0.2) is 58.8 Å². The topological polar surface area (TPSA) is 69.0 Å². The van der Waals surface area contributed by atoms with Gasteiger partial charge in [-0.25, -0.2) is 9.97 Å². The highest BCUT2D eigenvalue weighted by molar-refractivity contribution is 7.96. The van der Waals surface area contributed by atoms with E-state index in [1.807, 2.05) is 38.9 Å². The van der Waals surface area contributed by atoms with Crippen molar-refractivity contribution in [3.8, 4) is 0 Å². The van der Waals surface area contributed by atoms with Gasteiger partial charge in [-0.1, -0.05) is 32.0 Å². The molecule has 4 rings (SSSR count). The number of aryl methyl sites for hydroxylation is 1. The van der Waals surface area contributed by atoms with Crippen molar-refractivity contribution >= 4 is 41.1 Å². The Hall–Kier alpha value is -2.45. The number of aliphatic imine (C=N–C) groups is 2. The van der Waals surface area contributed by atoms with Crippen molar-refractivity contribution in [2.75, 3.05) is 42.7 Å². The average molecular weight is 508 g/mol. The second-order valence-electron chi connectivity index (χ2n) is 10.0. The normalized spacial score (nSPS) is 21.1. The molecule has 2 fully saturated rings. The van der Waals surface area contributed by atoms with Crippen molar-refractivity contribution in [3.63, 3.8) is 0 Å². The largest absolute Gasteiger partial charge is 0.334 e. The van der Waals surface area contributed by atoms with Crippen LogP contribution in [0.5, 0.6) is 0 Å². The molecule has 0 atom stereocenters. The molecule has 36 heavy (non-hydrogen) atoms. The third-order valence-corrected chi connectivity index (χ3v) is 7.98. The first kappa shape index (κ1) is 26.6. The molecule has 1 aliphatic carbocycles. The van der Waals surface area contributed by atoms with Gasteiger partial charge in [-0.15, -0.1) is 0 Å². The third kappa shape index (κ3) is 5.75. The number of hydrogen-bond donors (Lipinski definition) is 1. The van der Waals surface area contributed by atoms with E-state index in [0.29, 0.717) is 17.7 Å². The van der Waals surface area contributed by atoms with Gasteiger partial charge in [0.05, 0.1) is 17.1 Å². The number of allylic oxidation sites excluding steroid dienone is 3. The van der Waals surface area contributed by atoms with Gasteiger partial charge in [0.15, 0.2) is 11.6 Å². The Labute approximate surface area is 221 Å². The van der Waals surface area contributed by atoms with Crippen molar-refractivity contribution in [1.82, 2.24) is 14.3 Å². The van der Waals surface area contributed by atoms with Crippen LogP contribution in [0.25, 0.3) is 5.57 Å². The van der Waals surface area contributed by atoms with Crippen molar-refractivity contribution < 1.29 is 0 Å². The van der Waals surface area contributed by atoms with Gasteiger partial charge in [0.25, 0.3) is 0 Å². The number of aromatic nitrogens is 2. The summed E-state index contributed by atoms with van der Waals surface area (Å²) in [6.07, 6.45) is 9.68. The van der Waals surface area contributed by atoms with Gasteiger partial charge in [-0.2, -0.15) is 0 Å². The van der Waals surface area contributed by atoms with Crippen LogP contribution >= 0.6 is 11.9 Å². The molecule has 0 amide bonds. The Morgan fingerprint density at radius 3 is 2.53 bits per heavy atom. The first-order valence-electron chi connectivity index (χ1n) is 13.2. The van der Waals surface area contributed by atoms with E-state index >= 15 is 0 Å². The molecule has 2 aliphatic heterocycles. The zero-order chi connectivity index (χ0) is 25.8. The molecule has 1 N–H and O–H groups in total. The van der Waals surface area contributed by atoms with Crippen molar-refractivity contribution in [1.29, 1.82) is 0 Å². The summed E-state index contributed by atoms with van der Waals surface area (Å²) >= 11 is 1.84. The van der Waals surface area contributed by atoms with Crippen molar-refractivity contribution in [2.24, 2.45) is 21.8 Å². The van der Waals surface area contributed by atoms with Crippen LogP contribution in [0.15, 0.2) is 40.1 Å². The van der Waals surface area contributed by atoms with E-state index in [-0.39, 0.29) is 0 Å². The lowest BCUT2D eigenvalue weighted by molar-refractivity contribution is 0.298. The summed E-state index contributed by atoms with van der Waals surface area (Å²) in [4.78, 5) is 22.0. The Bertz CT molecular complexity index is 1090. The molecular weight excluding hydrogens is 466 g/mol. The molecule has 8 heteroatoms. The van der Waals surface area contributed by atoms with E-state index in [9.17, 15) is 0 Å². The second kappa shape index (κ2) is 11.7. The van der Waals surface area contributed by atoms with Gasteiger partial charge < -0.3 is 10.2 Å². The molecule has 0 aromatic carbocycles. The van der Waals surface area contributed by atoms with Gasteiger partial charge in [0, 0.05) is 43.9 Å². The van der Waals surface area contributed by atoms with Gasteiger partial charge in [0.1, 0.15) is 11.5 Å². The zero-order valence-electron chi connectivity index (χ0n) is 22.6. The monoisotopic (exact) mass is 507 g/mol. The van der Waals surface area contributed by atoms with E-state index in [2.05, 4.69) is 40.9 Å². The molecule has 1 aromatic rings. The number of hydrogen-bond acceptors (Lipinski definition) is 7. The predicted molar refractivity (Wildman–Crippen MR) is 156 cm³/mol. The fourth-order valence-corrected chi connectivity index (χ4v) is 5.52. The average Bonchev–Trinajstić information content (AvgIpc) is 3.70. The highest BCUT2D eigenvalue weighted by Gasteiger charge is 2.33. The molecule has 3 aliphatic rings.